The van der Waals surface area contributed by atoms with Crippen LogP contribution in [0, 0.1) is 5.92 Å². The molecule has 0 fully saturated rings. The number of hydrogen-bond acceptors (Lipinski definition) is 4. The van der Waals surface area contributed by atoms with Crippen molar-refractivity contribution in [2.45, 2.75) is 18.2 Å². The molecular formula is C28H25BrN2O4S. The van der Waals surface area contributed by atoms with Crippen LogP contribution in [0.15, 0.2) is 106 Å². The molecule has 1 unspecified atom stereocenters. The lowest BCUT2D eigenvalue weighted by atomic mass is 9.97. The van der Waals surface area contributed by atoms with E-state index in [9.17, 15) is 18.0 Å². The Kier molecular flexibility index (Phi) is 7.86. The standard InChI is InChI=1S/C28H25BrN2O4S/c1-2-31(23-13-4-3-5-14-23)28(33)25(19-22-12-8-9-15-26(22)29)27(32)30-36(34,35)24-17-16-20-10-6-7-11-21(20)18-24/h3-18,25H,2,19H2,1H3,(H,30,32). The van der Waals surface area contributed by atoms with Crippen molar-refractivity contribution in [3.63, 3.8) is 0 Å². The second kappa shape index (κ2) is 11.1. The van der Waals surface area contributed by atoms with Gasteiger partial charge in [-0.15, -0.1) is 0 Å². The van der Waals surface area contributed by atoms with Crippen molar-refractivity contribution in [2.24, 2.45) is 5.92 Å². The van der Waals surface area contributed by atoms with Crippen LogP contribution in [0.4, 0.5) is 5.69 Å². The SMILES string of the molecule is CCN(C(=O)C(Cc1ccccc1Br)C(=O)NS(=O)(=O)c1ccc2ccccc2c1)c1ccccc1. The van der Waals surface area contributed by atoms with Gasteiger partial charge in [0.15, 0.2) is 0 Å². The van der Waals surface area contributed by atoms with Gasteiger partial charge in [-0.05, 0) is 60.0 Å². The van der Waals surface area contributed by atoms with E-state index < -0.39 is 27.8 Å². The van der Waals surface area contributed by atoms with Gasteiger partial charge in [0.05, 0.1) is 4.90 Å². The van der Waals surface area contributed by atoms with Crippen molar-refractivity contribution >= 4 is 54.2 Å². The topological polar surface area (TPSA) is 83.6 Å². The fraction of sp³-hybridized carbons (Fsp3) is 0.143. The third-order valence-corrected chi connectivity index (χ3v) is 8.03. The van der Waals surface area contributed by atoms with E-state index in [4.69, 9.17) is 0 Å². The van der Waals surface area contributed by atoms with E-state index in [1.165, 1.54) is 17.0 Å². The smallest absolute Gasteiger partial charge is 0.264 e. The fourth-order valence-corrected chi connectivity index (χ4v) is 5.54. The minimum Gasteiger partial charge on any atom is -0.312 e. The number of para-hydroxylation sites is 1. The fourth-order valence-electron chi connectivity index (χ4n) is 4.03. The largest absolute Gasteiger partial charge is 0.312 e. The van der Waals surface area contributed by atoms with Gasteiger partial charge in [-0.3, -0.25) is 9.59 Å². The molecule has 4 rings (SSSR count). The molecule has 0 aliphatic carbocycles. The van der Waals surface area contributed by atoms with E-state index in [-0.39, 0.29) is 11.3 Å². The molecule has 6 nitrogen and oxygen atoms in total. The molecule has 4 aromatic carbocycles. The van der Waals surface area contributed by atoms with Crippen molar-refractivity contribution in [1.29, 1.82) is 0 Å². The Morgan fingerprint density at radius 1 is 0.861 bits per heavy atom. The number of carbonyl (C=O) groups excluding carboxylic acids is 2. The van der Waals surface area contributed by atoms with Gasteiger partial charge in [-0.1, -0.05) is 82.7 Å². The van der Waals surface area contributed by atoms with Crippen LogP contribution in [0.25, 0.3) is 10.8 Å². The van der Waals surface area contributed by atoms with Crippen LogP contribution in [0.2, 0.25) is 0 Å². The third-order valence-electron chi connectivity index (χ3n) is 5.91. The quantitative estimate of drug-likeness (QED) is 0.293. The number of nitrogens with one attached hydrogen (secondary N) is 1. The highest BCUT2D eigenvalue weighted by Crippen LogP contribution is 2.24. The molecule has 4 aromatic rings. The first-order chi connectivity index (χ1) is 17.3. The van der Waals surface area contributed by atoms with Crippen LogP contribution in [0.5, 0.6) is 0 Å². The number of fused-ring (bicyclic) bond motifs is 1. The van der Waals surface area contributed by atoms with Gasteiger partial charge in [-0.25, -0.2) is 13.1 Å². The summed E-state index contributed by atoms with van der Waals surface area (Å²) < 4.78 is 29.2. The monoisotopic (exact) mass is 564 g/mol. The van der Waals surface area contributed by atoms with Crippen LogP contribution >= 0.6 is 15.9 Å². The van der Waals surface area contributed by atoms with Crippen LogP contribution < -0.4 is 9.62 Å². The molecule has 0 saturated carbocycles. The van der Waals surface area contributed by atoms with Gasteiger partial charge in [0.25, 0.3) is 10.0 Å². The highest BCUT2D eigenvalue weighted by atomic mass is 79.9. The van der Waals surface area contributed by atoms with Gasteiger partial charge in [0.1, 0.15) is 5.92 Å². The van der Waals surface area contributed by atoms with Gasteiger partial charge < -0.3 is 4.90 Å². The Balaban J connectivity index is 1.67. The number of nitrogens with zero attached hydrogens (tertiary/aromatic N) is 1. The summed E-state index contributed by atoms with van der Waals surface area (Å²) in [6.07, 6.45) is 0.0304. The molecule has 0 bridgehead atoms. The number of hydrogen-bond donors (Lipinski definition) is 1. The highest BCUT2D eigenvalue weighted by Gasteiger charge is 2.34. The molecule has 0 heterocycles. The maximum Gasteiger partial charge on any atom is 0.264 e. The zero-order valence-electron chi connectivity index (χ0n) is 19.6. The summed E-state index contributed by atoms with van der Waals surface area (Å²) in [7, 11) is -4.21. The lowest BCUT2D eigenvalue weighted by Gasteiger charge is -2.26. The third kappa shape index (κ3) is 5.66. The predicted octanol–water partition coefficient (Wildman–Crippen LogP) is 5.32. The van der Waals surface area contributed by atoms with Crippen molar-refractivity contribution < 1.29 is 18.0 Å². The summed E-state index contributed by atoms with van der Waals surface area (Å²) in [5.74, 6) is -2.62. The summed E-state index contributed by atoms with van der Waals surface area (Å²) in [6.45, 7) is 2.13. The van der Waals surface area contributed by atoms with Crippen LogP contribution in [-0.2, 0) is 26.0 Å². The van der Waals surface area contributed by atoms with Gasteiger partial charge in [-0.2, -0.15) is 0 Å². The molecule has 2 amide bonds. The molecule has 0 spiro atoms. The zero-order chi connectivity index (χ0) is 25.7. The lowest BCUT2D eigenvalue weighted by molar-refractivity contribution is -0.132. The second-order valence-electron chi connectivity index (χ2n) is 8.24. The molecule has 184 valence electrons. The Morgan fingerprint density at radius 3 is 2.19 bits per heavy atom. The predicted molar refractivity (Wildman–Crippen MR) is 145 cm³/mol. The second-order valence-corrected chi connectivity index (χ2v) is 10.8. The summed E-state index contributed by atoms with van der Waals surface area (Å²) in [5.41, 5.74) is 1.35. The number of sulfonamides is 1. The van der Waals surface area contributed by atoms with Crippen molar-refractivity contribution in [3.8, 4) is 0 Å². The number of benzene rings is 4. The van der Waals surface area contributed by atoms with E-state index in [1.807, 2.05) is 43.3 Å². The average molecular weight is 565 g/mol. The number of halogens is 1. The number of carbonyl (C=O) groups is 2. The Hall–Kier alpha value is -3.49. The maximum absolute atomic E-state index is 13.7. The zero-order valence-corrected chi connectivity index (χ0v) is 22.0. The summed E-state index contributed by atoms with van der Waals surface area (Å²) in [6, 6.07) is 28.3. The molecule has 0 radical (unpaired) electrons. The van der Waals surface area contributed by atoms with Gasteiger partial charge in [0.2, 0.25) is 11.8 Å². The molecule has 8 heteroatoms. The molecule has 0 aromatic heterocycles. The number of amides is 2. The van der Waals surface area contributed by atoms with E-state index >= 15 is 0 Å². The van der Waals surface area contributed by atoms with Crippen molar-refractivity contribution in [3.05, 3.63) is 107 Å². The first kappa shape index (κ1) is 25.6. The minimum atomic E-state index is -4.21. The molecule has 36 heavy (non-hydrogen) atoms. The molecule has 0 saturated heterocycles. The first-order valence-electron chi connectivity index (χ1n) is 11.5. The first-order valence-corrected chi connectivity index (χ1v) is 13.7. The van der Waals surface area contributed by atoms with Gasteiger partial charge in [0, 0.05) is 16.7 Å². The highest BCUT2D eigenvalue weighted by molar-refractivity contribution is 9.10. The number of rotatable bonds is 8. The molecule has 0 aliphatic rings. The van der Waals surface area contributed by atoms with Crippen LogP contribution in [0.3, 0.4) is 0 Å². The van der Waals surface area contributed by atoms with E-state index in [0.29, 0.717) is 12.2 Å². The summed E-state index contributed by atoms with van der Waals surface area (Å²) in [5, 5.41) is 1.61. The van der Waals surface area contributed by atoms with Crippen molar-refractivity contribution in [2.75, 3.05) is 11.4 Å². The minimum absolute atomic E-state index is 0.0304. The summed E-state index contributed by atoms with van der Waals surface area (Å²) >= 11 is 3.47. The molecule has 1 atom stereocenters. The Bertz CT molecular complexity index is 1510. The van der Waals surface area contributed by atoms with Crippen LogP contribution in [-0.4, -0.2) is 26.8 Å². The average Bonchev–Trinajstić information content (AvgIpc) is 2.88. The van der Waals surface area contributed by atoms with E-state index in [2.05, 4.69) is 20.7 Å². The Morgan fingerprint density at radius 2 is 1.50 bits per heavy atom. The molecular weight excluding hydrogens is 540 g/mol. The number of anilines is 1. The van der Waals surface area contributed by atoms with E-state index in [0.717, 1.165) is 20.8 Å². The lowest BCUT2D eigenvalue weighted by Crippen LogP contribution is -2.46. The molecule has 1 N–H and O–H groups in total. The van der Waals surface area contributed by atoms with Crippen LogP contribution in [0.1, 0.15) is 12.5 Å². The summed E-state index contributed by atoms with van der Waals surface area (Å²) in [4.78, 5) is 28.6. The maximum atomic E-state index is 13.7. The molecule has 0 aliphatic heterocycles. The normalized spacial score (nSPS) is 12.2. The van der Waals surface area contributed by atoms with Gasteiger partial charge >= 0.3 is 0 Å². The van der Waals surface area contributed by atoms with E-state index in [1.54, 1.807) is 48.5 Å². The Labute approximate surface area is 219 Å². The van der Waals surface area contributed by atoms with Crippen molar-refractivity contribution in [1.82, 2.24) is 4.72 Å².